The highest BCUT2D eigenvalue weighted by molar-refractivity contribution is 5.76. The van der Waals surface area contributed by atoms with Gasteiger partial charge < -0.3 is 10.2 Å². The maximum atomic E-state index is 12.4. The molecule has 2 fully saturated rings. The molecule has 104 valence electrons. The first-order valence-corrected chi connectivity index (χ1v) is 7.16. The van der Waals surface area contributed by atoms with E-state index in [0.717, 1.165) is 25.6 Å². The minimum Gasteiger partial charge on any atom is -0.339 e. The number of aromatic nitrogens is 3. The number of carbonyl (C=O) groups excluding carboxylic acids is 1. The molecular weight excluding hydrogens is 242 g/mol. The van der Waals surface area contributed by atoms with Crippen molar-refractivity contribution in [2.45, 2.75) is 38.3 Å². The van der Waals surface area contributed by atoms with Gasteiger partial charge in [0, 0.05) is 25.3 Å². The Morgan fingerprint density at radius 2 is 2.26 bits per heavy atom. The molecule has 2 heterocycles. The fraction of sp³-hybridized carbons (Fsp3) is 0.769. The summed E-state index contributed by atoms with van der Waals surface area (Å²) in [5.41, 5.74) is 0. The Morgan fingerprint density at radius 1 is 1.37 bits per heavy atom. The van der Waals surface area contributed by atoms with Crippen LogP contribution in [0, 0.1) is 5.92 Å². The quantitative estimate of drug-likeness (QED) is 0.800. The van der Waals surface area contributed by atoms with Gasteiger partial charge in [0.2, 0.25) is 5.91 Å². The monoisotopic (exact) mass is 263 g/mol. The van der Waals surface area contributed by atoms with Gasteiger partial charge in [-0.15, -0.1) is 5.10 Å². The van der Waals surface area contributed by atoms with Gasteiger partial charge in [-0.2, -0.15) is 0 Å². The van der Waals surface area contributed by atoms with Crippen LogP contribution < -0.4 is 5.32 Å². The molecule has 3 rings (SSSR count). The number of nitrogens with zero attached hydrogens (tertiary/aromatic N) is 4. The van der Waals surface area contributed by atoms with Crippen LogP contribution in [0.25, 0.3) is 0 Å². The van der Waals surface area contributed by atoms with Crippen LogP contribution in [-0.2, 0) is 11.3 Å². The van der Waals surface area contributed by atoms with Crippen LogP contribution in [0.15, 0.2) is 12.4 Å². The van der Waals surface area contributed by atoms with E-state index in [1.165, 1.54) is 25.7 Å². The summed E-state index contributed by atoms with van der Waals surface area (Å²) >= 11 is 0. The van der Waals surface area contributed by atoms with E-state index < -0.39 is 0 Å². The van der Waals surface area contributed by atoms with Crippen molar-refractivity contribution in [2.75, 3.05) is 19.6 Å². The molecule has 0 radical (unpaired) electrons. The zero-order valence-corrected chi connectivity index (χ0v) is 11.2. The molecule has 19 heavy (non-hydrogen) atoms. The second-order valence-electron chi connectivity index (χ2n) is 5.64. The number of hydrogen-bond donors (Lipinski definition) is 1. The van der Waals surface area contributed by atoms with Crippen molar-refractivity contribution in [1.29, 1.82) is 0 Å². The van der Waals surface area contributed by atoms with Crippen LogP contribution in [0.3, 0.4) is 0 Å². The summed E-state index contributed by atoms with van der Waals surface area (Å²) in [6.07, 6.45) is 8.28. The predicted molar refractivity (Wildman–Crippen MR) is 70.4 cm³/mol. The summed E-state index contributed by atoms with van der Waals surface area (Å²) in [6.45, 7) is 3.13. The molecule has 1 saturated heterocycles. The van der Waals surface area contributed by atoms with E-state index in [2.05, 4.69) is 15.6 Å². The molecule has 2 aliphatic rings. The second kappa shape index (κ2) is 5.69. The van der Waals surface area contributed by atoms with Crippen molar-refractivity contribution in [3.63, 3.8) is 0 Å². The third-order valence-electron chi connectivity index (χ3n) is 3.90. The summed E-state index contributed by atoms with van der Waals surface area (Å²) in [5, 5.41) is 11.1. The fourth-order valence-electron chi connectivity index (χ4n) is 2.62. The van der Waals surface area contributed by atoms with Gasteiger partial charge in [0.25, 0.3) is 0 Å². The second-order valence-corrected chi connectivity index (χ2v) is 5.64. The molecular formula is C13H21N5O. The van der Waals surface area contributed by atoms with E-state index in [1.807, 2.05) is 4.90 Å². The van der Waals surface area contributed by atoms with Gasteiger partial charge >= 0.3 is 0 Å². The van der Waals surface area contributed by atoms with Crippen molar-refractivity contribution in [3.05, 3.63) is 12.4 Å². The summed E-state index contributed by atoms with van der Waals surface area (Å²) in [6, 6.07) is 0.471. The molecule has 6 nitrogen and oxygen atoms in total. The van der Waals surface area contributed by atoms with E-state index in [9.17, 15) is 4.79 Å². The van der Waals surface area contributed by atoms with Crippen LogP contribution in [0.1, 0.15) is 25.7 Å². The molecule has 1 aliphatic carbocycles. The Balaban J connectivity index is 1.58. The van der Waals surface area contributed by atoms with Crippen molar-refractivity contribution < 1.29 is 4.79 Å². The number of amides is 1. The molecule has 1 amide bonds. The van der Waals surface area contributed by atoms with Gasteiger partial charge in [0.15, 0.2) is 0 Å². The lowest BCUT2D eigenvalue weighted by Gasteiger charge is -2.26. The molecule has 1 aromatic rings. The van der Waals surface area contributed by atoms with Crippen molar-refractivity contribution in [1.82, 2.24) is 25.2 Å². The molecule has 0 spiro atoms. The number of hydrogen-bond acceptors (Lipinski definition) is 4. The summed E-state index contributed by atoms with van der Waals surface area (Å²) in [7, 11) is 0. The fourth-order valence-corrected chi connectivity index (χ4v) is 2.62. The number of nitrogens with one attached hydrogen (secondary N) is 1. The highest BCUT2D eigenvalue weighted by Gasteiger charge is 2.29. The van der Waals surface area contributed by atoms with Crippen molar-refractivity contribution in [2.24, 2.45) is 5.92 Å². The maximum absolute atomic E-state index is 12.4. The zero-order valence-electron chi connectivity index (χ0n) is 11.2. The Labute approximate surface area is 113 Å². The SMILES string of the molecule is O=C(Cn1ccnn1)N(CC1CC1)CC1CCCN1. The normalized spacial score (nSPS) is 22.6. The molecule has 0 aromatic carbocycles. The summed E-state index contributed by atoms with van der Waals surface area (Å²) in [5.74, 6) is 0.882. The van der Waals surface area contributed by atoms with Crippen LogP contribution in [0.5, 0.6) is 0 Å². The molecule has 1 N–H and O–H groups in total. The Kier molecular flexibility index (Phi) is 3.77. The highest BCUT2D eigenvalue weighted by atomic mass is 16.2. The van der Waals surface area contributed by atoms with Crippen molar-refractivity contribution in [3.8, 4) is 0 Å². The first-order valence-electron chi connectivity index (χ1n) is 7.16. The first kappa shape index (κ1) is 12.6. The van der Waals surface area contributed by atoms with Crippen LogP contribution in [0.4, 0.5) is 0 Å². The van der Waals surface area contributed by atoms with Gasteiger partial charge in [-0.05, 0) is 38.1 Å². The Morgan fingerprint density at radius 3 is 2.89 bits per heavy atom. The average Bonchev–Trinajstić information content (AvgIpc) is 2.88. The minimum absolute atomic E-state index is 0.158. The number of carbonyl (C=O) groups is 1. The third-order valence-corrected chi connectivity index (χ3v) is 3.90. The third kappa shape index (κ3) is 3.53. The largest absolute Gasteiger partial charge is 0.339 e. The molecule has 0 bridgehead atoms. The molecule has 1 atom stereocenters. The molecule has 1 aromatic heterocycles. The average molecular weight is 263 g/mol. The van der Waals surface area contributed by atoms with Gasteiger partial charge in [0.05, 0.1) is 6.20 Å². The predicted octanol–water partition coefficient (Wildman–Crippen LogP) is 0.269. The number of rotatable bonds is 6. The first-order chi connectivity index (χ1) is 9.31. The molecule has 1 saturated carbocycles. The summed E-state index contributed by atoms with van der Waals surface area (Å²) < 4.78 is 1.60. The van der Waals surface area contributed by atoms with Crippen LogP contribution in [-0.4, -0.2) is 51.5 Å². The van der Waals surface area contributed by atoms with Gasteiger partial charge in [0.1, 0.15) is 6.54 Å². The van der Waals surface area contributed by atoms with Crippen LogP contribution in [0.2, 0.25) is 0 Å². The maximum Gasteiger partial charge on any atom is 0.244 e. The van der Waals surface area contributed by atoms with E-state index >= 15 is 0 Å². The standard InChI is InChI=1S/C13H21N5O/c19-13(10-18-7-6-15-16-18)17(8-11-3-4-11)9-12-2-1-5-14-12/h6-7,11-12,14H,1-5,8-10H2. The highest BCUT2D eigenvalue weighted by Crippen LogP contribution is 2.30. The Hall–Kier alpha value is -1.43. The lowest BCUT2D eigenvalue weighted by atomic mass is 10.2. The van der Waals surface area contributed by atoms with Gasteiger partial charge in [-0.25, -0.2) is 4.68 Å². The lowest BCUT2D eigenvalue weighted by molar-refractivity contribution is -0.132. The minimum atomic E-state index is 0.158. The molecule has 1 unspecified atom stereocenters. The van der Waals surface area contributed by atoms with Gasteiger partial charge in [-0.1, -0.05) is 5.21 Å². The topological polar surface area (TPSA) is 63.1 Å². The smallest absolute Gasteiger partial charge is 0.244 e. The summed E-state index contributed by atoms with van der Waals surface area (Å²) in [4.78, 5) is 14.4. The Bertz CT molecular complexity index is 409. The van der Waals surface area contributed by atoms with Gasteiger partial charge in [-0.3, -0.25) is 4.79 Å². The molecule has 6 heteroatoms. The van der Waals surface area contributed by atoms with Crippen molar-refractivity contribution >= 4 is 5.91 Å². The van der Waals surface area contributed by atoms with E-state index in [-0.39, 0.29) is 5.91 Å². The van der Waals surface area contributed by atoms with E-state index in [0.29, 0.717) is 12.6 Å². The van der Waals surface area contributed by atoms with E-state index in [1.54, 1.807) is 17.1 Å². The lowest BCUT2D eigenvalue weighted by Crippen LogP contribution is -2.43. The van der Waals surface area contributed by atoms with E-state index in [4.69, 9.17) is 0 Å². The van der Waals surface area contributed by atoms with Crippen LogP contribution >= 0.6 is 0 Å². The zero-order chi connectivity index (χ0) is 13.1. The molecule has 1 aliphatic heterocycles.